The second kappa shape index (κ2) is 4.51. The Kier molecular flexibility index (Phi) is 3.51. The van der Waals surface area contributed by atoms with Crippen LogP contribution < -0.4 is 4.74 Å². The Hall–Kier alpha value is -1.59. The molecule has 0 aliphatic rings. The molecule has 6 heteroatoms. The molecule has 0 aliphatic carbocycles. The highest BCUT2D eigenvalue weighted by atomic mass is 19.2. The molecule has 16 heavy (non-hydrogen) atoms. The molecule has 0 heterocycles. The third kappa shape index (κ3) is 2.15. The van der Waals surface area contributed by atoms with Crippen LogP contribution in [0.4, 0.5) is 17.6 Å². The van der Waals surface area contributed by atoms with E-state index in [1.807, 2.05) is 0 Å². The highest BCUT2D eigenvalue weighted by Crippen LogP contribution is 2.29. The maximum Gasteiger partial charge on any atom is 0.206 e. The van der Waals surface area contributed by atoms with Gasteiger partial charge in [0.25, 0.3) is 0 Å². The lowest BCUT2D eigenvalue weighted by Gasteiger charge is -2.10. The van der Waals surface area contributed by atoms with Gasteiger partial charge in [-0.2, -0.15) is 4.39 Å². The van der Waals surface area contributed by atoms with E-state index in [0.29, 0.717) is 0 Å². The standard InChI is InChI=1S/C10H8F4O2/c1-4(15)3-16-10-7(12)5(2)6(11)8(13)9(10)14/h3H2,1-2H3. The molecule has 0 unspecified atom stereocenters. The number of carbonyl (C=O) groups excluding carboxylic acids is 1. The van der Waals surface area contributed by atoms with Crippen LogP contribution in [0.15, 0.2) is 0 Å². The largest absolute Gasteiger partial charge is 0.480 e. The Balaban J connectivity index is 3.23. The molecule has 0 spiro atoms. The summed E-state index contributed by atoms with van der Waals surface area (Å²) in [5, 5.41) is 0. The Morgan fingerprint density at radius 1 is 1.06 bits per heavy atom. The van der Waals surface area contributed by atoms with Crippen LogP contribution in [0.3, 0.4) is 0 Å². The fourth-order valence-electron chi connectivity index (χ4n) is 1.02. The van der Waals surface area contributed by atoms with Crippen LogP contribution in [-0.4, -0.2) is 12.4 Å². The summed E-state index contributed by atoms with van der Waals surface area (Å²) in [6.07, 6.45) is 0. The molecular weight excluding hydrogens is 228 g/mol. The van der Waals surface area contributed by atoms with Gasteiger partial charge in [-0.15, -0.1) is 0 Å². The van der Waals surface area contributed by atoms with Crippen LogP contribution in [0.25, 0.3) is 0 Å². The van der Waals surface area contributed by atoms with Gasteiger partial charge in [0.15, 0.2) is 29.0 Å². The van der Waals surface area contributed by atoms with Crippen molar-refractivity contribution >= 4 is 5.78 Å². The highest BCUT2D eigenvalue weighted by molar-refractivity contribution is 5.77. The molecule has 0 fully saturated rings. The lowest BCUT2D eigenvalue weighted by molar-refractivity contribution is -0.119. The maximum atomic E-state index is 13.3. The summed E-state index contributed by atoms with van der Waals surface area (Å²) in [6, 6.07) is 0. The van der Waals surface area contributed by atoms with Crippen molar-refractivity contribution in [3.05, 3.63) is 28.8 Å². The van der Waals surface area contributed by atoms with Gasteiger partial charge < -0.3 is 4.74 Å². The van der Waals surface area contributed by atoms with E-state index in [4.69, 9.17) is 0 Å². The molecular formula is C10H8F4O2. The van der Waals surface area contributed by atoms with Crippen LogP contribution in [0.1, 0.15) is 12.5 Å². The summed E-state index contributed by atoms with van der Waals surface area (Å²) in [5.41, 5.74) is -0.697. The van der Waals surface area contributed by atoms with E-state index in [0.717, 1.165) is 13.8 Å². The van der Waals surface area contributed by atoms with Crippen molar-refractivity contribution in [3.8, 4) is 5.75 Å². The van der Waals surface area contributed by atoms with Gasteiger partial charge >= 0.3 is 0 Å². The minimum Gasteiger partial charge on any atom is -0.480 e. The topological polar surface area (TPSA) is 26.3 Å². The van der Waals surface area contributed by atoms with Crippen molar-refractivity contribution in [1.82, 2.24) is 0 Å². The van der Waals surface area contributed by atoms with Crippen molar-refractivity contribution in [3.63, 3.8) is 0 Å². The normalized spacial score (nSPS) is 10.4. The van der Waals surface area contributed by atoms with Gasteiger partial charge in [-0.25, -0.2) is 13.2 Å². The number of Topliss-reactive ketones (excluding diaryl/α,β-unsaturated/α-hetero) is 1. The number of halogens is 4. The van der Waals surface area contributed by atoms with Gasteiger partial charge in [-0.05, 0) is 13.8 Å². The molecule has 1 aromatic rings. The van der Waals surface area contributed by atoms with Gasteiger partial charge in [-0.1, -0.05) is 0 Å². The van der Waals surface area contributed by atoms with Crippen LogP contribution in [0.2, 0.25) is 0 Å². The number of hydrogen-bond acceptors (Lipinski definition) is 2. The smallest absolute Gasteiger partial charge is 0.206 e. The van der Waals surface area contributed by atoms with Crippen molar-refractivity contribution in [2.45, 2.75) is 13.8 Å². The Bertz CT molecular complexity index is 414. The number of rotatable bonds is 3. The predicted molar refractivity (Wildman–Crippen MR) is 47.2 cm³/mol. The molecule has 0 aromatic heterocycles. The fraction of sp³-hybridized carbons (Fsp3) is 0.300. The zero-order valence-electron chi connectivity index (χ0n) is 8.54. The Labute approximate surface area is 88.8 Å². The van der Waals surface area contributed by atoms with Gasteiger partial charge in [0.1, 0.15) is 6.61 Å². The average Bonchev–Trinajstić information content (AvgIpc) is 2.23. The first kappa shape index (κ1) is 12.5. The molecule has 0 N–H and O–H groups in total. The van der Waals surface area contributed by atoms with Gasteiger partial charge in [0, 0.05) is 5.56 Å². The molecule has 0 radical (unpaired) electrons. The molecule has 0 saturated carbocycles. The summed E-state index contributed by atoms with van der Waals surface area (Å²) in [7, 11) is 0. The number of benzene rings is 1. The summed E-state index contributed by atoms with van der Waals surface area (Å²) in [5.74, 6) is -8.13. The molecule has 0 amide bonds. The molecule has 0 atom stereocenters. The molecule has 2 nitrogen and oxygen atoms in total. The summed E-state index contributed by atoms with van der Waals surface area (Å²) >= 11 is 0. The minimum atomic E-state index is -1.82. The molecule has 0 saturated heterocycles. The summed E-state index contributed by atoms with van der Waals surface area (Å²) in [4.78, 5) is 10.5. The molecule has 0 bridgehead atoms. The second-order valence-electron chi connectivity index (χ2n) is 3.20. The van der Waals surface area contributed by atoms with Gasteiger partial charge in [0.2, 0.25) is 5.82 Å². The molecule has 88 valence electrons. The lowest BCUT2D eigenvalue weighted by Crippen LogP contribution is -2.11. The van der Waals surface area contributed by atoms with E-state index in [-0.39, 0.29) is 0 Å². The first-order chi connectivity index (χ1) is 7.36. The van der Waals surface area contributed by atoms with E-state index in [1.165, 1.54) is 0 Å². The zero-order valence-corrected chi connectivity index (χ0v) is 8.54. The summed E-state index contributed by atoms with van der Waals surface area (Å²) in [6.45, 7) is 1.45. The fourth-order valence-corrected chi connectivity index (χ4v) is 1.02. The van der Waals surface area contributed by atoms with Crippen LogP contribution in [-0.2, 0) is 4.79 Å². The number of ketones is 1. The maximum absolute atomic E-state index is 13.3. The monoisotopic (exact) mass is 236 g/mol. The van der Waals surface area contributed by atoms with Crippen molar-refractivity contribution < 1.29 is 27.1 Å². The van der Waals surface area contributed by atoms with E-state index in [1.54, 1.807) is 0 Å². The predicted octanol–water partition coefficient (Wildman–Crippen LogP) is 2.52. The average molecular weight is 236 g/mol. The first-order valence-corrected chi connectivity index (χ1v) is 4.31. The third-order valence-electron chi connectivity index (χ3n) is 1.86. The Morgan fingerprint density at radius 3 is 2.12 bits per heavy atom. The molecule has 0 aliphatic heterocycles. The minimum absolute atomic E-state index is 0.499. The number of ether oxygens (including phenoxy) is 1. The SMILES string of the molecule is CC(=O)COc1c(F)c(C)c(F)c(F)c1F. The van der Waals surface area contributed by atoms with E-state index >= 15 is 0 Å². The van der Waals surface area contributed by atoms with E-state index in [9.17, 15) is 22.4 Å². The Morgan fingerprint density at radius 2 is 1.62 bits per heavy atom. The van der Waals surface area contributed by atoms with Crippen molar-refractivity contribution in [2.24, 2.45) is 0 Å². The van der Waals surface area contributed by atoms with Crippen molar-refractivity contribution in [2.75, 3.05) is 6.61 Å². The van der Waals surface area contributed by atoms with E-state index < -0.39 is 47.0 Å². The van der Waals surface area contributed by atoms with Crippen LogP contribution in [0, 0.1) is 30.2 Å². The van der Waals surface area contributed by atoms with E-state index in [2.05, 4.69) is 4.74 Å². The zero-order chi connectivity index (χ0) is 12.5. The van der Waals surface area contributed by atoms with Gasteiger partial charge in [0.05, 0.1) is 0 Å². The van der Waals surface area contributed by atoms with Crippen LogP contribution >= 0.6 is 0 Å². The number of hydrogen-bond donors (Lipinski definition) is 0. The number of carbonyl (C=O) groups is 1. The van der Waals surface area contributed by atoms with Crippen molar-refractivity contribution in [1.29, 1.82) is 0 Å². The lowest BCUT2D eigenvalue weighted by atomic mass is 10.2. The second-order valence-corrected chi connectivity index (χ2v) is 3.20. The highest BCUT2D eigenvalue weighted by Gasteiger charge is 2.24. The molecule has 1 rings (SSSR count). The first-order valence-electron chi connectivity index (χ1n) is 4.31. The van der Waals surface area contributed by atoms with Crippen LogP contribution in [0.5, 0.6) is 5.75 Å². The molecule has 1 aromatic carbocycles. The van der Waals surface area contributed by atoms with Gasteiger partial charge in [-0.3, -0.25) is 4.79 Å². The summed E-state index contributed by atoms with van der Waals surface area (Å²) < 4.78 is 56.5. The quantitative estimate of drug-likeness (QED) is 0.458. The third-order valence-corrected chi connectivity index (χ3v) is 1.86.